The molecule has 0 aliphatic carbocycles. The highest BCUT2D eigenvalue weighted by molar-refractivity contribution is 7.18. The van der Waals surface area contributed by atoms with Crippen molar-refractivity contribution >= 4 is 27.4 Å². The van der Waals surface area contributed by atoms with Gasteiger partial charge in [-0.05, 0) is 31.9 Å². The fourth-order valence-corrected chi connectivity index (χ4v) is 3.33. The topological polar surface area (TPSA) is 58.0 Å². The molecule has 1 atom stereocenters. The van der Waals surface area contributed by atoms with Gasteiger partial charge in [0.25, 0.3) is 0 Å². The number of aryl methyl sites for hydroxylation is 1. The molecule has 0 radical (unpaired) electrons. The smallest absolute Gasteiger partial charge is 0.138 e. The number of aliphatic hydroxyl groups is 1. The van der Waals surface area contributed by atoms with Crippen molar-refractivity contribution in [2.75, 3.05) is 11.9 Å². The number of thiophene rings is 1. The standard InChI is InChI=1S/C17H19N3OS/c1-12-10-14-15(19-11-20-16(14)22-12)18-9-8-17(2,21)13-6-4-3-5-7-13/h3-7,10-11,21H,8-9H2,1-2H3,(H,18,19,20). The van der Waals surface area contributed by atoms with Gasteiger partial charge in [0.1, 0.15) is 17.0 Å². The maximum absolute atomic E-state index is 10.6. The van der Waals surface area contributed by atoms with E-state index in [2.05, 4.69) is 28.3 Å². The minimum Gasteiger partial charge on any atom is -0.385 e. The molecule has 0 amide bonds. The first-order valence-electron chi connectivity index (χ1n) is 7.29. The summed E-state index contributed by atoms with van der Waals surface area (Å²) in [5.41, 5.74) is 0.0707. The molecule has 0 spiro atoms. The molecule has 2 N–H and O–H groups in total. The summed E-state index contributed by atoms with van der Waals surface area (Å²) in [6.07, 6.45) is 2.18. The van der Waals surface area contributed by atoms with Crippen molar-refractivity contribution in [3.8, 4) is 0 Å². The Morgan fingerprint density at radius 3 is 2.77 bits per heavy atom. The van der Waals surface area contributed by atoms with Crippen LogP contribution in [0.15, 0.2) is 42.7 Å². The number of aromatic nitrogens is 2. The van der Waals surface area contributed by atoms with E-state index in [1.807, 2.05) is 37.3 Å². The molecular formula is C17H19N3OS. The molecule has 4 nitrogen and oxygen atoms in total. The Kier molecular flexibility index (Phi) is 4.09. The van der Waals surface area contributed by atoms with E-state index in [1.54, 1.807) is 17.7 Å². The van der Waals surface area contributed by atoms with E-state index in [1.165, 1.54) is 4.88 Å². The predicted molar refractivity (Wildman–Crippen MR) is 91.3 cm³/mol. The van der Waals surface area contributed by atoms with Crippen molar-refractivity contribution in [1.29, 1.82) is 0 Å². The van der Waals surface area contributed by atoms with Crippen molar-refractivity contribution in [2.45, 2.75) is 25.9 Å². The van der Waals surface area contributed by atoms with Crippen molar-refractivity contribution in [1.82, 2.24) is 9.97 Å². The SMILES string of the molecule is Cc1cc2c(NCCC(C)(O)c3ccccc3)ncnc2s1. The summed E-state index contributed by atoms with van der Waals surface area (Å²) < 4.78 is 0. The molecule has 1 unspecified atom stereocenters. The van der Waals surface area contributed by atoms with Crippen LogP contribution in [-0.2, 0) is 5.60 Å². The molecule has 2 aromatic heterocycles. The molecule has 0 saturated carbocycles. The number of nitrogens with one attached hydrogen (secondary N) is 1. The van der Waals surface area contributed by atoms with Gasteiger partial charge >= 0.3 is 0 Å². The average Bonchev–Trinajstić information content (AvgIpc) is 2.89. The number of rotatable bonds is 5. The van der Waals surface area contributed by atoms with Crippen LogP contribution in [0.3, 0.4) is 0 Å². The molecule has 3 rings (SSSR count). The van der Waals surface area contributed by atoms with Gasteiger partial charge in [-0.2, -0.15) is 0 Å². The van der Waals surface area contributed by atoms with Crippen LogP contribution in [0, 0.1) is 6.92 Å². The highest BCUT2D eigenvalue weighted by Crippen LogP contribution is 2.28. The van der Waals surface area contributed by atoms with Crippen LogP contribution in [0.4, 0.5) is 5.82 Å². The number of anilines is 1. The summed E-state index contributed by atoms with van der Waals surface area (Å²) in [6.45, 7) is 4.55. The largest absolute Gasteiger partial charge is 0.385 e. The van der Waals surface area contributed by atoms with E-state index >= 15 is 0 Å². The second-order valence-corrected chi connectivity index (χ2v) is 6.85. The fraction of sp³-hybridized carbons (Fsp3) is 0.294. The van der Waals surface area contributed by atoms with Crippen LogP contribution >= 0.6 is 11.3 Å². The molecular weight excluding hydrogens is 294 g/mol. The molecule has 0 fully saturated rings. The Hall–Kier alpha value is -1.98. The molecule has 3 aromatic rings. The second kappa shape index (κ2) is 6.02. The van der Waals surface area contributed by atoms with Gasteiger partial charge in [-0.3, -0.25) is 0 Å². The van der Waals surface area contributed by atoms with Crippen molar-refractivity contribution in [3.05, 3.63) is 53.2 Å². The fourth-order valence-electron chi connectivity index (χ4n) is 2.48. The average molecular weight is 313 g/mol. The number of hydrogen-bond donors (Lipinski definition) is 2. The molecule has 114 valence electrons. The molecule has 0 bridgehead atoms. The van der Waals surface area contributed by atoms with E-state index < -0.39 is 5.60 Å². The van der Waals surface area contributed by atoms with E-state index in [-0.39, 0.29) is 0 Å². The minimum atomic E-state index is -0.856. The molecule has 0 aliphatic rings. The lowest BCUT2D eigenvalue weighted by molar-refractivity contribution is 0.0515. The normalized spacial score (nSPS) is 14.0. The van der Waals surface area contributed by atoms with Gasteiger partial charge in [0.05, 0.1) is 11.0 Å². The van der Waals surface area contributed by atoms with E-state index in [0.29, 0.717) is 13.0 Å². The van der Waals surface area contributed by atoms with Gasteiger partial charge in [-0.25, -0.2) is 9.97 Å². The van der Waals surface area contributed by atoms with Crippen molar-refractivity contribution in [2.24, 2.45) is 0 Å². The maximum atomic E-state index is 10.6. The third-order valence-corrected chi connectivity index (χ3v) is 4.71. The predicted octanol–water partition coefficient (Wildman–Crippen LogP) is 3.71. The maximum Gasteiger partial charge on any atom is 0.138 e. The zero-order valence-corrected chi connectivity index (χ0v) is 13.5. The van der Waals surface area contributed by atoms with Crippen molar-refractivity contribution < 1.29 is 5.11 Å². The summed E-state index contributed by atoms with van der Waals surface area (Å²) in [7, 11) is 0. The van der Waals surface area contributed by atoms with Crippen molar-refractivity contribution in [3.63, 3.8) is 0 Å². The zero-order chi connectivity index (χ0) is 15.6. The Balaban J connectivity index is 1.70. The Bertz CT molecular complexity index is 768. The van der Waals surface area contributed by atoms with Crippen LogP contribution < -0.4 is 5.32 Å². The van der Waals surface area contributed by atoms with E-state index in [4.69, 9.17) is 0 Å². The summed E-state index contributed by atoms with van der Waals surface area (Å²) in [6, 6.07) is 11.8. The lowest BCUT2D eigenvalue weighted by atomic mass is 9.93. The molecule has 5 heteroatoms. The van der Waals surface area contributed by atoms with E-state index in [9.17, 15) is 5.11 Å². The Labute approximate surface area is 133 Å². The van der Waals surface area contributed by atoms with Gasteiger partial charge in [0.2, 0.25) is 0 Å². The lowest BCUT2D eigenvalue weighted by Crippen LogP contribution is -2.24. The number of nitrogens with zero attached hydrogens (tertiary/aromatic N) is 2. The Morgan fingerprint density at radius 2 is 2.00 bits per heavy atom. The first kappa shape index (κ1) is 14.9. The summed E-state index contributed by atoms with van der Waals surface area (Å²) in [5, 5.41) is 15.0. The number of hydrogen-bond acceptors (Lipinski definition) is 5. The van der Waals surface area contributed by atoms with Crippen LogP contribution in [0.25, 0.3) is 10.2 Å². The molecule has 2 heterocycles. The zero-order valence-electron chi connectivity index (χ0n) is 12.7. The van der Waals surface area contributed by atoms with Crippen LogP contribution in [0.1, 0.15) is 23.8 Å². The first-order chi connectivity index (χ1) is 10.6. The molecule has 22 heavy (non-hydrogen) atoms. The molecule has 1 aromatic carbocycles. The van der Waals surface area contributed by atoms with Gasteiger partial charge < -0.3 is 10.4 Å². The van der Waals surface area contributed by atoms with Crippen LogP contribution in [0.2, 0.25) is 0 Å². The van der Waals surface area contributed by atoms with Crippen LogP contribution in [0.5, 0.6) is 0 Å². The first-order valence-corrected chi connectivity index (χ1v) is 8.11. The molecule has 0 aliphatic heterocycles. The summed E-state index contributed by atoms with van der Waals surface area (Å²) in [4.78, 5) is 10.8. The summed E-state index contributed by atoms with van der Waals surface area (Å²) in [5.74, 6) is 0.832. The van der Waals surface area contributed by atoms with Gasteiger partial charge in [-0.1, -0.05) is 30.3 Å². The third kappa shape index (κ3) is 3.10. The van der Waals surface area contributed by atoms with Gasteiger partial charge in [0, 0.05) is 11.4 Å². The second-order valence-electron chi connectivity index (χ2n) is 5.61. The quantitative estimate of drug-likeness (QED) is 0.754. The highest BCUT2D eigenvalue weighted by Gasteiger charge is 2.22. The number of benzene rings is 1. The van der Waals surface area contributed by atoms with E-state index in [0.717, 1.165) is 21.6 Å². The monoisotopic (exact) mass is 313 g/mol. The third-order valence-electron chi connectivity index (χ3n) is 3.75. The minimum absolute atomic E-state index is 0.603. The Morgan fingerprint density at radius 1 is 1.23 bits per heavy atom. The van der Waals surface area contributed by atoms with Gasteiger partial charge in [0.15, 0.2) is 0 Å². The number of fused-ring (bicyclic) bond motifs is 1. The van der Waals surface area contributed by atoms with Gasteiger partial charge in [-0.15, -0.1) is 11.3 Å². The van der Waals surface area contributed by atoms with Crippen LogP contribution in [-0.4, -0.2) is 21.6 Å². The highest BCUT2D eigenvalue weighted by atomic mass is 32.1. The summed E-state index contributed by atoms with van der Waals surface area (Å²) >= 11 is 1.66. The molecule has 0 saturated heterocycles. The lowest BCUT2D eigenvalue weighted by Gasteiger charge is -2.24.